The molecular formula is C50H72N6O12S. The van der Waals surface area contributed by atoms with Gasteiger partial charge in [0, 0.05) is 62.7 Å². The lowest BCUT2D eigenvalue weighted by atomic mass is 9.85. The van der Waals surface area contributed by atoms with Gasteiger partial charge in [-0.05, 0) is 87.6 Å². The van der Waals surface area contributed by atoms with Crippen LogP contribution in [-0.2, 0) is 59.1 Å². The van der Waals surface area contributed by atoms with Crippen molar-refractivity contribution in [3.63, 3.8) is 0 Å². The normalized spacial score (nSPS) is 14.5. The molecular weight excluding hydrogens is 909 g/mol. The molecule has 1 aromatic carbocycles. The summed E-state index contributed by atoms with van der Waals surface area (Å²) >= 11 is 1.54. The highest BCUT2D eigenvalue weighted by atomic mass is 32.1. The zero-order valence-corrected chi connectivity index (χ0v) is 41.2. The van der Waals surface area contributed by atoms with Crippen molar-refractivity contribution in [2.75, 3.05) is 77.4 Å². The van der Waals surface area contributed by atoms with Gasteiger partial charge in [-0.15, -0.1) is 16.4 Å². The number of thiophene rings is 1. The predicted molar refractivity (Wildman–Crippen MR) is 262 cm³/mol. The van der Waals surface area contributed by atoms with Crippen LogP contribution in [0.15, 0.2) is 54.6 Å². The number of carbonyl (C=O) groups excluding carboxylic acids is 7. The number of anilines is 1. The molecule has 0 saturated heterocycles. The molecule has 19 heteroatoms. The van der Waals surface area contributed by atoms with Crippen LogP contribution in [0.3, 0.4) is 0 Å². The zero-order chi connectivity index (χ0) is 49.6. The van der Waals surface area contributed by atoms with E-state index in [2.05, 4.69) is 22.5 Å². The summed E-state index contributed by atoms with van der Waals surface area (Å²) in [6, 6.07) is 11.6. The van der Waals surface area contributed by atoms with E-state index in [9.17, 15) is 33.6 Å². The second-order valence-electron chi connectivity index (χ2n) is 16.7. The molecule has 2 aromatic heterocycles. The SMILES string of the molecule is C=CN(OC(=O)CCOCCOCCOCCOCCNC(=O)CCCCCCCNC(=O)[C@H]1CC[C@H](NC(=O)c2cc3sccc3n2CC(=O)N(CC)c2cccc(C)c2)CC1)C(=O)CCC=O. The lowest BCUT2D eigenvalue weighted by Gasteiger charge is -2.28. The molecule has 1 fully saturated rings. The van der Waals surface area contributed by atoms with E-state index in [0.717, 1.165) is 59.8 Å². The van der Waals surface area contributed by atoms with E-state index in [4.69, 9.17) is 23.8 Å². The Hall–Kier alpha value is -5.47. The Morgan fingerprint density at radius 2 is 1.46 bits per heavy atom. The van der Waals surface area contributed by atoms with Crippen LogP contribution in [0, 0.1) is 12.8 Å². The molecule has 69 heavy (non-hydrogen) atoms. The molecule has 3 N–H and O–H groups in total. The first-order valence-corrected chi connectivity index (χ1v) is 25.1. The summed E-state index contributed by atoms with van der Waals surface area (Å²) in [6.07, 6.45) is 9.41. The number of hydrogen-bond acceptors (Lipinski definition) is 13. The number of ether oxygens (including phenoxy) is 4. The third kappa shape index (κ3) is 20.6. The van der Waals surface area contributed by atoms with E-state index in [0.29, 0.717) is 108 Å². The van der Waals surface area contributed by atoms with Crippen molar-refractivity contribution in [3.8, 4) is 0 Å². The van der Waals surface area contributed by atoms with Crippen LogP contribution >= 0.6 is 11.3 Å². The van der Waals surface area contributed by atoms with Crippen LogP contribution in [0.4, 0.5) is 5.69 Å². The number of nitrogens with zero attached hydrogens (tertiary/aromatic N) is 3. The summed E-state index contributed by atoms with van der Waals surface area (Å²) in [5.41, 5.74) is 3.25. The first-order chi connectivity index (χ1) is 33.5. The Morgan fingerprint density at radius 3 is 2.14 bits per heavy atom. The highest BCUT2D eigenvalue weighted by molar-refractivity contribution is 7.17. The van der Waals surface area contributed by atoms with E-state index in [1.807, 2.05) is 60.2 Å². The zero-order valence-electron chi connectivity index (χ0n) is 40.4. The first-order valence-electron chi connectivity index (χ1n) is 24.2. The lowest BCUT2D eigenvalue weighted by Crippen LogP contribution is -2.42. The molecule has 3 aromatic rings. The van der Waals surface area contributed by atoms with Gasteiger partial charge in [-0.25, -0.2) is 4.79 Å². The monoisotopic (exact) mass is 980 g/mol. The molecule has 0 atom stereocenters. The molecule has 380 valence electrons. The molecule has 0 radical (unpaired) electrons. The standard InChI is InChI=1S/C50H72N6O12S/c1-4-54(41-14-11-13-38(3)35-41)47(60)37-55-42-22-34-69-44(42)36-43(55)50(63)53-40-19-17-39(18-20-40)49(62)52-23-10-8-6-7-9-15-45(58)51-24-27-65-29-31-67-33-32-66-30-28-64-26-21-48(61)68-56(5-2)46(59)16-12-25-57/h5,11,13-14,22,25,34-36,39-40H,2,4,6-10,12,15-21,23-24,26-33,37H2,1,3H3,(H,51,58)(H,52,62)(H,53,63)/t39-,40-. The predicted octanol–water partition coefficient (Wildman–Crippen LogP) is 5.79. The van der Waals surface area contributed by atoms with Crippen molar-refractivity contribution in [2.45, 2.75) is 110 Å². The van der Waals surface area contributed by atoms with Gasteiger partial charge in [-0.1, -0.05) is 38.0 Å². The van der Waals surface area contributed by atoms with Crippen molar-refractivity contribution < 1.29 is 57.3 Å². The minimum absolute atomic E-state index is 0.00494. The van der Waals surface area contributed by atoms with Crippen molar-refractivity contribution >= 4 is 69.0 Å². The lowest BCUT2D eigenvalue weighted by molar-refractivity contribution is -0.188. The second-order valence-corrected chi connectivity index (χ2v) is 17.7. The smallest absolute Gasteiger partial charge is 0.335 e. The number of carbonyl (C=O) groups is 7. The number of aromatic nitrogens is 1. The average molecular weight is 981 g/mol. The van der Waals surface area contributed by atoms with Gasteiger partial charge in [0.1, 0.15) is 18.5 Å². The number of hydroxylamine groups is 2. The summed E-state index contributed by atoms with van der Waals surface area (Å²) in [6.45, 7) is 11.5. The number of fused-ring (bicyclic) bond motifs is 1. The molecule has 18 nitrogen and oxygen atoms in total. The fraction of sp³-hybridized carbons (Fsp3) is 0.580. The van der Waals surface area contributed by atoms with Gasteiger partial charge in [-0.2, -0.15) is 0 Å². The molecule has 2 heterocycles. The number of unbranched alkanes of at least 4 members (excludes halogenated alkanes) is 4. The van der Waals surface area contributed by atoms with Crippen molar-refractivity contribution in [3.05, 3.63) is 65.8 Å². The van der Waals surface area contributed by atoms with Crippen molar-refractivity contribution in [1.82, 2.24) is 25.6 Å². The summed E-state index contributed by atoms with van der Waals surface area (Å²) in [7, 11) is 0. The molecule has 5 amide bonds. The summed E-state index contributed by atoms with van der Waals surface area (Å²) in [4.78, 5) is 93.1. The molecule has 4 rings (SSSR count). The van der Waals surface area contributed by atoms with Crippen molar-refractivity contribution in [1.29, 1.82) is 0 Å². The second kappa shape index (κ2) is 32.4. The van der Waals surface area contributed by atoms with Gasteiger partial charge in [0.2, 0.25) is 17.7 Å². The maximum atomic E-state index is 13.7. The van der Waals surface area contributed by atoms with Gasteiger partial charge in [0.05, 0.1) is 69.5 Å². The van der Waals surface area contributed by atoms with E-state index in [-0.39, 0.29) is 74.6 Å². The third-order valence-electron chi connectivity index (χ3n) is 11.5. The van der Waals surface area contributed by atoms with E-state index < -0.39 is 11.9 Å². The summed E-state index contributed by atoms with van der Waals surface area (Å²) < 4.78 is 24.5. The van der Waals surface area contributed by atoms with Gasteiger partial charge < -0.3 is 54.0 Å². The Kier molecular flexibility index (Phi) is 26.3. The highest BCUT2D eigenvalue weighted by Crippen LogP contribution is 2.28. The summed E-state index contributed by atoms with van der Waals surface area (Å²) in [5.74, 6) is -1.51. The minimum Gasteiger partial charge on any atom is -0.378 e. The Morgan fingerprint density at radius 1 is 0.783 bits per heavy atom. The quantitative estimate of drug-likeness (QED) is 0.0369. The largest absolute Gasteiger partial charge is 0.378 e. The average Bonchev–Trinajstić information content (AvgIpc) is 3.95. The molecule has 1 aliphatic rings. The third-order valence-corrected chi connectivity index (χ3v) is 12.4. The number of amides is 5. The Bertz CT molecular complexity index is 2080. The minimum atomic E-state index is -0.665. The maximum Gasteiger partial charge on any atom is 0.335 e. The number of aldehydes is 1. The van der Waals surface area contributed by atoms with Gasteiger partial charge in [0.25, 0.3) is 11.8 Å². The molecule has 0 bridgehead atoms. The first kappa shape index (κ1) is 56.1. The number of rotatable bonds is 34. The topological polar surface area (TPSA) is 213 Å². The van der Waals surface area contributed by atoms with Crippen molar-refractivity contribution in [2.24, 2.45) is 5.92 Å². The fourth-order valence-corrected chi connectivity index (χ4v) is 8.64. The van der Waals surface area contributed by atoms with Gasteiger partial charge >= 0.3 is 5.97 Å². The van der Waals surface area contributed by atoms with Crippen LogP contribution in [0.1, 0.15) is 106 Å². The molecule has 0 spiro atoms. The van der Waals surface area contributed by atoms with Crippen LogP contribution in [0.5, 0.6) is 0 Å². The molecule has 0 unspecified atom stereocenters. The molecule has 0 aliphatic heterocycles. The highest BCUT2D eigenvalue weighted by Gasteiger charge is 2.29. The summed E-state index contributed by atoms with van der Waals surface area (Å²) in [5, 5.41) is 11.8. The number of hydrogen-bond donors (Lipinski definition) is 3. The Labute approximate surface area is 409 Å². The van der Waals surface area contributed by atoms with Crippen LogP contribution < -0.4 is 20.9 Å². The van der Waals surface area contributed by atoms with Crippen LogP contribution in [0.2, 0.25) is 0 Å². The van der Waals surface area contributed by atoms with Gasteiger partial charge in [0.15, 0.2) is 0 Å². The fourth-order valence-electron chi connectivity index (χ4n) is 7.82. The number of aryl methyl sites for hydroxylation is 1. The number of benzene rings is 1. The molecule has 1 saturated carbocycles. The van der Waals surface area contributed by atoms with E-state index >= 15 is 0 Å². The van der Waals surface area contributed by atoms with E-state index in [1.165, 1.54) is 0 Å². The van der Waals surface area contributed by atoms with E-state index in [1.54, 1.807) is 16.2 Å². The Balaban J connectivity index is 0.932. The maximum absolute atomic E-state index is 13.7. The van der Waals surface area contributed by atoms with Crippen LogP contribution in [-0.4, -0.2) is 130 Å². The number of nitrogens with one attached hydrogen (secondary N) is 3. The van der Waals surface area contributed by atoms with Gasteiger partial charge in [-0.3, -0.25) is 24.0 Å². The molecule has 1 aliphatic carbocycles. The van der Waals surface area contributed by atoms with Crippen LogP contribution in [0.25, 0.3) is 10.2 Å². The number of likely N-dealkylation sites (N-methyl/N-ethyl adjacent to an activating group) is 1.